The lowest BCUT2D eigenvalue weighted by molar-refractivity contribution is 0.316. The summed E-state index contributed by atoms with van der Waals surface area (Å²) >= 11 is 1.69. The molecule has 0 unspecified atom stereocenters. The van der Waals surface area contributed by atoms with Gasteiger partial charge in [-0.25, -0.2) is 4.98 Å². The normalized spacial score (nSPS) is 11.2. The van der Waals surface area contributed by atoms with Crippen molar-refractivity contribution in [1.29, 1.82) is 0 Å². The minimum atomic E-state index is 0.945. The maximum Gasteiger partial charge on any atom is 0.183 e. The SMILES string of the molecule is CCN(CC)CCNc1nc(-c2c(C)cc(C)cc2C)cs1. The molecule has 2 rings (SSSR count). The summed E-state index contributed by atoms with van der Waals surface area (Å²) in [5.74, 6) is 0. The number of aromatic nitrogens is 1. The number of thiazole rings is 1. The summed E-state index contributed by atoms with van der Waals surface area (Å²) in [6.45, 7) is 15.1. The second-order valence-electron chi connectivity index (χ2n) is 5.77. The minimum absolute atomic E-state index is 0.945. The molecule has 0 aliphatic rings. The number of nitrogens with one attached hydrogen (secondary N) is 1. The number of benzene rings is 1. The molecule has 120 valence electrons. The molecule has 0 saturated carbocycles. The Morgan fingerprint density at radius 1 is 1.09 bits per heavy atom. The number of nitrogens with zero attached hydrogens (tertiary/aromatic N) is 2. The third-order valence-corrected chi connectivity index (χ3v) is 4.84. The smallest absolute Gasteiger partial charge is 0.183 e. The van der Waals surface area contributed by atoms with Crippen LogP contribution in [0.4, 0.5) is 5.13 Å². The van der Waals surface area contributed by atoms with Crippen molar-refractivity contribution in [3.63, 3.8) is 0 Å². The third kappa shape index (κ3) is 4.08. The van der Waals surface area contributed by atoms with Crippen LogP contribution < -0.4 is 5.32 Å². The first-order chi connectivity index (χ1) is 10.5. The van der Waals surface area contributed by atoms with E-state index in [0.29, 0.717) is 0 Å². The topological polar surface area (TPSA) is 28.2 Å². The Kier molecular flexibility index (Phi) is 5.98. The zero-order valence-corrected chi connectivity index (χ0v) is 15.2. The van der Waals surface area contributed by atoms with Crippen LogP contribution in [0.2, 0.25) is 0 Å². The molecule has 1 aromatic carbocycles. The van der Waals surface area contributed by atoms with Gasteiger partial charge in [-0.1, -0.05) is 31.5 Å². The summed E-state index contributed by atoms with van der Waals surface area (Å²) in [6.07, 6.45) is 0. The Morgan fingerprint density at radius 3 is 2.32 bits per heavy atom. The number of anilines is 1. The van der Waals surface area contributed by atoms with E-state index in [2.05, 4.69) is 62.3 Å². The van der Waals surface area contributed by atoms with Gasteiger partial charge in [0.15, 0.2) is 5.13 Å². The molecule has 1 N–H and O–H groups in total. The molecule has 0 amide bonds. The number of likely N-dealkylation sites (N-methyl/N-ethyl adjacent to an activating group) is 1. The standard InChI is InChI=1S/C18H27N3S/c1-6-21(7-2)9-8-19-18-20-16(12-22-18)17-14(4)10-13(3)11-15(17)5/h10-12H,6-9H2,1-5H3,(H,19,20). The van der Waals surface area contributed by atoms with E-state index in [4.69, 9.17) is 4.98 Å². The zero-order chi connectivity index (χ0) is 16.1. The van der Waals surface area contributed by atoms with Gasteiger partial charge in [0.05, 0.1) is 5.69 Å². The maximum atomic E-state index is 4.77. The predicted octanol–water partition coefficient (Wildman–Crippen LogP) is 4.49. The maximum absolute atomic E-state index is 4.77. The van der Waals surface area contributed by atoms with Crippen LogP contribution in [-0.4, -0.2) is 36.1 Å². The van der Waals surface area contributed by atoms with Gasteiger partial charge in [0, 0.05) is 24.0 Å². The van der Waals surface area contributed by atoms with Gasteiger partial charge in [-0.05, 0) is 45.0 Å². The summed E-state index contributed by atoms with van der Waals surface area (Å²) in [7, 11) is 0. The Hall–Kier alpha value is -1.39. The summed E-state index contributed by atoms with van der Waals surface area (Å²) in [6, 6.07) is 4.46. The Bertz CT molecular complexity index is 592. The molecule has 2 aromatic rings. The highest BCUT2D eigenvalue weighted by Gasteiger charge is 2.10. The molecule has 0 bridgehead atoms. The van der Waals surface area contributed by atoms with E-state index in [-0.39, 0.29) is 0 Å². The lowest BCUT2D eigenvalue weighted by Gasteiger charge is -2.17. The fraction of sp³-hybridized carbons (Fsp3) is 0.500. The average Bonchev–Trinajstić information content (AvgIpc) is 2.91. The Labute approximate surface area is 138 Å². The predicted molar refractivity (Wildman–Crippen MR) is 98.0 cm³/mol. The number of aryl methyl sites for hydroxylation is 3. The van der Waals surface area contributed by atoms with Crippen molar-refractivity contribution >= 4 is 16.5 Å². The molecule has 22 heavy (non-hydrogen) atoms. The van der Waals surface area contributed by atoms with E-state index in [9.17, 15) is 0 Å². The van der Waals surface area contributed by atoms with Crippen molar-refractivity contribution < 1.29 is 0 Å². The summed E-state index contributed by atoms with van der Waals surface area (Å²) < 4.78 is 0. The molecule has 1 aromatic heterocycles. The molecular formula is C18H27N3S. The molecule has 0 saturated heterocycles. The van der Waals surface area contributed by atoms with Crippen molar-refractivity contribution in [2.75, 3.05) is 31.5 Å². The van der Waals surface area contributed by atoms with Crippen LogP contribution >= 0.6 is 11.3 Å². The summed E-state index contributed by atoms with van der Waals surface area (Å²) in [4.78, 5) is 7.18. The Morgan fingerprint density at radius 2 is 1.73 bits per heavy atom. The number of hydrogen-bond acceptors (Lipinski definition) is 4. The second kappa shape index (κ2) is 7.75. The van der Waals surface area contributed by atoms with Gasteiger partial charge in [-0.15, -0.1) is 11.3 Å². The average molecular weight is 318 g/mol. The van der Waals surface area contributed by atoms with Crippen LogP contribution in [0.25, 0.3) is 11.3 Å². The number of rotatable bonds is 7. The molecule has 3 nitrogen and oxygen atoms in total. The van der Waals surface area contributed by atoms with E-state index in [1.54, 1.807) is 11.3 Å². The van der Waals surface area contributed by atoms with Crippen molar-refractivity contribution in [1.82, 2.24) is 9.88 Å². The van der Waals surface area contributed by atoms with Crippen molar-refractivity contribution in [2.45, 2.75) is 34.6 Å². The Balaban J connectivity index is 2.06. The molecule has 4 heteroatoms. The largest absolute Gasteiger partial charge is 0.360 e. The van der Waals surface area contributed by atoms with Crippen LogP contribution in [0, 0.1) is 20.8 Å². The lowest BCUT2D eigenvalue weighted by atomic mass is 9.98. The van der Waals surface area contributed by atoms with Gasteiger partial charge in [-0.2, -0.15) is 0 Å². The van der Waals surface area contributed by atoms with E-state index < -0.39 is 0 Å². The first-order valence-electron chi connectivity index (χ1n) is 8.05. The van der Waals surface area contributed by atoms with Crippen LogP contribution in [0.5, 0.6) is 0 Å². The van der Waals surface area contributed by atoms with Crippen LogP contribution in [0.15, 0.2) is 17.5 Å². The van der Waals surface area contributed by atoms with E-state index >= 15 is 0 Å². The number of hydrogen-bond donors (Lipinski definition) is 1. The van der Waals surface area contributed by atoms with Crippen LogP contribution in [0.3, 0.4) is 0 Å². The lowest BCUT2D eigenvalue weighted by Crippen LogP contribution is -2.28. The summed E-state index contributed by atoms with van der Waals surface area (Å²) in [5.41, 5.74) is 6.28. The molecule has 0 aliphatic carbocycles. The van der Waals surface area contributed by atoms with Gasteiger partial charge in [0.2, 0.25) is 0 Å². The van der Waals surface area contributed by atoms with Gasteiger partial charge >= 0.3 is 0 Å². The fourth-order valence-electron chi connectivity index (χ4n) is 2.91. The zero-order valence-electron chi connectivity index (χ0n) is 14.4. The van der Waals surface area contributed by atoms with Gasteiger partial charge < -0.3 is 10.2 Å². The molecule has 0 fully saturated rings. The van der Waals surface area contributed by atoms with Gasteiger partial charge in [0.25, 0.3) is 0 Å². The third-order valence-electron chi connectivity index (χ3n) is 4.04. The molecule has 0 aliphatic heterocycles. The minimum Gasteiger partial charge on any atom is -0.360 e. The first-order valence-corrected chi connectivity index (χ1v) is 8.93. The van der Waals surface area contributed by atoms with Crippen molar-refractivity contribution in [3.05, 3.63) is 34.2 Å². The van der Waals surface area contributed by atoms with E-state index in [1.807, 2.05) is 0 Å². The monoisotopic (exact) mass is 317 g/mol. The second-order valence-corrected chi connectivity index (χ2v) is 6.62. The molecular weight excluding hydrogens is 290 g/mol. The first kappa shape index (κ1) is 17.0. The highest BCUT2D eigenvalue weighted by molar-refractivity contribution is 7.14. The van der Waals surface area contributed by atoms with E-state index in [1.165, 1.54) is 22.3 Å². The fourth-order valence-corrected chi connectivity index (χ4v) is 3.64. The van der Waals surface area contributed by atoms with Crippen LogP contribution in [0.1, 0.15) is 30.5 Å². The van der Waals surface area contributed by atoms with Gasteiger partial charge in [-0.3, -0.25) is 0 Å². The molecule has 0 spiro atoms. The highest BCUT2D eigenvalue weighted by atomic mass is 32.1. The summed E-state index contributed by atoms with van der Waals surface area (Å²) in [5, 5.41) is 6.62. The van der Waals surface area contributed by atoms with Crippen molar-refractivity contribution in [2.24, 2.45) is 0 Å². The quantitative estimate of drug-likeness (QED) is 0.815. The molecule has 0 atom stereocenters. The molecule has 0 radical (unpaired) electrons. The van der Waals surface area contributed by atoms with E-state index in [0.717, 1.165) is 37.0 Å². The van der Waals surface area contributed by atoms with Crippen LogP contribution in [-0.2, 0) is 0 Å². The molecule has 1 heterocycles. The van der Waals surface area contributed by atoms with Crippen molar-refractivity contribution in [3.8, 4) is 11.3 Å². The van der Waals surface area contributed by atoms with Gasteiger partial charge in [0.1, 0.15) is 0 Å². The highest BCUT2D eigenvalue weighted by Crippen LogP contribution is 2.30.